The Kier molecular flexibility index (Phi) is 7.54. The second-order valence-electron chi connectivity index (χ2n) is 7.52. The Balaban J connectivity index is 1.75. The highest BCUT2D eigenvalue weighted by molar-refractivity contribution is 6.30. The van der Waals surface area contributed by atoms with Crippen molar-refractivity contribution in [3.8, 4) is 11.4 Å². The summed E-state index contributed by atoms with van der Waals surface area (Å²) < 4.78 is 79.4. The van der Waals surface area contributed by atoms with Crippen molar-refractivity contribution in [1.82, 2.24) is 14.3 Å². The van der Waals surface area contributed by atoms with E-state index in [4.69, 9.17) is 11.6 Å². The summed E-state index contributed by atoms with van der Waals surface area (Å²) in [6.45, 7) is -2.21. The fourth-order valence-corrected chi connectivity index (χ4v) is 3.54. The second-order valence-corrected chi connectivity index (χ2v) is 7.96. The van der Waals surface area contributed by atoms with Crippen LogP contribution < -0.4 is 5.69 Å². The number of hydrogen-bond donors (Lipinski definition) is 0. The molecule has 3 rings (SSSR count). The molecule has 0 spiro atoms. The van der Waals surface area contributed by atoms with Gasteiger partial charge in [0.1, 0.15) is 13.1 Å². The maximum absolute atomic E-state index is 13.1. The molecule has 0 aliphatic carbocycles. The zero-order valence-electron chi connectivity index (χ0n) is 17.5. The van der Waals surface area contributed by atoms with Gasteiger partial charge in [-0.1, -0.05) is 29.8 Å². The summed E-state index contributed by atoms with van der Waals surface area (Å²) in [5, 5.41) is 4.23. The molecule has 5 nitrogen and oxygen atoms in total. The van der Waals surface area contributed by atoms with Crippen molar-refractivity contribution in [2.24, 2.45) is 0 Å². The van der Waals surface area contributed by atoms with Gasteiger partial charge < -0.3 is 0 Å². The Morgan fingerprint density at radius 2 is 1.62 bits per heavy atom. The van der Waals surface area contributed by atoms with Crippen molar-refractivity contribution in [1.29, 1.82) is 0 Å². The van der Waals surface area contributed by atoms with E-state index in [1.54, 1.807) is 0 Å². The molecule has 0 radical (unpaired) electrons. The van der Waals surface area contributed by atoms with Gasteiger partial charge in [-0.2, -0.15) is 26.3 Å². The number of ketones is 1. The quantitative estimate of drug-likeness (QED) is 0.378. The standard InChI is InChI=1S/C22H18ClF6N3O2/c23-16-10-8-15(9-11-16)19-30-32(20(34)31(19)13-21(24,25)26)12-17(33)6-3-5-14-4-1-2-7-18(14)22(27,28)29/h1-2,4,7-11H,3,5-6,12-13H2. The lowest BCUT2D eigenvalue weighted by Gasteiger charge is -2.12. The van der Waals surface area contributed by atoms with Gasteiger partial charge >= 0.3 is 18.0 Å². The molecule has 0 atom stereocenters. The van der Waals surface area contributed by atoms with Gasteiger partial charge in [0.05, 0.1) is 5.56 Å². The fourth-order valence-electron chi connectivity index (χ4n) is 3.42. The summed E-state index contributed by atoms with van der Waals surface area (Å²) in [6.07, 6.45) is -9.39. The molecular weight excluding hydrogens is 488 g/mol. The number of halogens is 7. The summed E-state index contributed by atoms with van der Waals surface area (Å²) in [5.41, 5.74) is -1.70. The van der Waals surface area contributed by atoms with E-state index >= 15 is 0 Å². The summed E-state index contributed by atoms with van der Waals surface area (Å²) >= 11 is 5.80. The molecule has 182 valence electrons. The minimum absolute atomic E-state index is 0.0273. The molecule has 0 aliphatic rings. The monoisotopic (exact) mass is 505 g/mol. The predicted octanol–water partition coefficient (Wildman–Crippen LogP) is 5.54. The summed E-state index contributed by atoms with van der Waals surface area (Å²) in [5.74, 6) is -0.836. The predicted molar refractivity (Wildman–Crippen MR) is 112 cm³/mol. The Bertz CT molecular complexity index is 1210. The molecule has 0 amide bonds. The van der Waals surface area contributed by atoms with Crippen molar-refractivity contribution in [2.75, 3.05) is 0 Å². The van der Waals surface area contributed by atoms with Gasteiger partial charge in [-0.15, -0.1) is 5.10 Å². The number of alkyl halides is 6. The molecular formula is C22H18ClF6N3O2. The number of aromatic nitrogens is 3. The van der Waals surface area contributed by atoms with Crippen molar-refractivity contribution in [2.45, 2.75) is 44.7 Å². The Morgan fingerprint density at radius 3 is 2.24 bits per heavy atom. The van der Waals surface area contributed by atoms with E-state index in [0.717, 1.165) is 6.07 Å². The lowest BCUT2D eigenvalue weighted by Crippen LogP contribution is -2.31. The third-order valence-corrected chi connectivity index (χ3v) is 5.17. The summed E-state index contributed by atoms with van der Waals surface area (Å²) in [4.78, 5) is 24.9. The lowest BCUT2D eigenvalue weighted by atomic mass is 10.0. The number of rotatable bonds is 8. The van der Waals surface area contributed by atoms with E-state index in [1.165, 1.54) is 42.5 Å². The molecule has 0 aliphatic heterocycles. The first-order valence-corrected chi connectivity index (χ1v) is 10.4. The van der Waals surface area contributed by atoms with E-state index in [-0.39, 0.29) is 36.2 Å². The van der Waals surface area contributed by atoms with Crippen LogP contribution in [0.15, 0.2) is 53.3 Å². The van der Waals surface area contributed by atoms with Gasteiger partial charge in [0.15, 0.2) is 11.6 Å². The van der Waals surface area contributed by atoms with E-state index in [2.05, 4.69) is 5.10 Å². The largest absolute Gasteiger partial charge is 0.416 e. The molecule has 0 N–H and O–H groups in total. The highest BCUT2D eigenvalue weighted by Crippen LogP contribution is 2.32. The molecule has 0 unspecified atom stereocenters. The topological polar surface area (TPSA) is 56.9 Å². The van der Waals surface area contributed by atoms with Crippen LogP contribution in [0.25, 0.3) is 11.4 Å². The maximum atomic E-state index is 13.1. The highest BCUT2D eigenvalue weighted by atomic mass is 35.5. The van der Waals surface area contributed by atoms with E-state index < -0.39 is 42.5 Å². The van der Waals surface area contributed by atoms with E-state index in [9.17, 15) is 35.9 Å². The minimum Gasteiger partial charge on any atom is -0.298 e. The zero-order chi connectivity index (χ0) is 25.1. The van der Waals surface area contributed by atoms with Crippen LogP contribution in [0.5, 0.6) is 0 Å². The molecule has 0 saturated carbocycles. The number of benzene rings is 2. The number of carbonyl (C=O) groups is 1. The van der Waals surface area contributed by atoms with Gasteiger partial charge in [-0.25, -0.2) is 9.48 Å². The normalized spacial score (nSPS) is 12.2. The first-order chi connectivity index (χ1) is 15.8. The fraction of sp³-hybridized carbons (Fsp3) is 0.318. The molecule has 3 aromatic rings. The van der Waals surface area contributed by atoms with Crippen LogP contribution in [-0.4, -0.2) is 26.3 Å². The first-order valence-electron chi connectivity index (χ1n) is 10.0. The molecule has 2 aromatic carbocycles. The van der Waals surface area contributed by atoms with Gasteiger partial charge in [0.2, 0.25) is 0 Å². The summed E-state index contributed by atoms with van der Waals surface area (Å²) in [7, 11) is 0. The van der Waals surface area contributed by atoms with Gasteiger partial charge in [0.25, 0.3) is 0 Å². The van der Waals surface area contributed by atoms with E-state index in [0.29, 0.717) is 14.3 Å². The van der Waals surface area contributed by atoms with Crippen LogP contribution in [0.4, 0.5) is 26.3 Å². The number of carbonyl (C=O) groups excluding carboxylic acids is 1. The number of aryl methyl sites for hydroxylation is 1. The van der Waals surface area contributed by atoms with Crippen LogP contribution in [0.2, 0.25) is 5.02 Å². The summed E-state index contributed by atoms with van der Waals surface area (Å²) in [6, 6.07) is 10.6. The van der Waals surface area contributed by atoms with Crippen LogP contribution in [0.3, 0.4) is 0 Å². The second kappa shape index (κ2) is 10.0. The molecule has 34 heavy (non-hydrogen) atoms. The third-order valence-electron chi connectivity index (χ3n) is 4.91. The minimum atomic E-state index is -4.71. The SMILES string of the molecule is O=C(CCCc1ccccc1C(F)(F)F)Cn1nc(-c2ccc(Cl)cc2)n(CC(F)(F)F)c1=O. The Morgan fingerprint density at radius 1 is 0.971 bits per heavy atom. The lowest BCUT2D eigenvalue weighted by molar-refractivity contribution is -0.141. The van der Waals surface area contributed by atoms with Crippen LogP contribution >= 0.6 is 11.6 Å². The first kappa shape index (κ1) is 25.5. The maximum Gasteiger partial charge on any atom is 0.416 e. The van der Waals surface area contributed by atoms with Gasteiger partial charge in [-0.05, 0) is 48.7 Å². The Hall–Kier alpha value is -3.08. The average molecular weight is 506 g/mol. The van der Waals surface area contributed by atoms with Gasteiger partial charge in [0, 0.05) is 17.0 Å². The molecule has 0 bridgehead atoms. The Labute approximate surface area is 194 Å². The number of hydrogen-bond acceptors (Lipinski definition) is 3. The van der Waals surface area contributed by atoms with Crippen LogP contribution in [-0.2, 0) is 30.5 Å². The van der Waals surface area contributed by atoms with Crippen LogP contribution in [0.1, 0.15) is 24.0 Å². The number of nitrogens with zero attached hydrogens (tertiary/aromatic N) is 3. The molecule has 0 fully saturated rings. The smallest absolute Gasteiger partial charge is 0.298 e. The molecule has 0 saturated heterocycles. The average Bonchev–Trinajstić information content (AvgIpc) is 3.02. The molecule has 1 aromatic heterocycles. The molecule has 12 heteroatoms. The third kappa shape index (κ3) is 6.49. The zero-order valence-corrected chi connectivity index (χ0v) is 18.2. The van der Waals surface area contributed by atoms with Crippen molar-refractivity contribution >= 4 is 17.4 Å². The number of Topliss-reactive ketones (excluding diaryl/α,β-unsaturated/α-hetero) is 1. The van der Waals surface area contributed by atoms with Gasteiger partial charge in [-0.3, -0.25) is 9.36 Å². The van der Waals surface area contributed by atoms with E-state index in [1.807, 2.05) is 0 Å². The van der Waals surface area contributed by atoms with Crippen LogP contribution in [0, 0.1) is 0 Å². The van der Waals surface area contributed by atoms with Crippen molar-refractivity contribution < 1.29 is 31.1 Å². The van der Waals surface area contributed by atoms with Crippen molar-refractivity contribution in [3.05, 3.63) is 75.2 Å². The molecule has 1 heterocycles. The highest BCUT2D eigenvalue weighted by Gasteiger charge is 2.33. The van der Waals surface area contributed by atoms with Crippen molar-refractivity contribution in [3.63, 3.8) is 0 Å².